The third kappa shape index (κ3) is 1.90. The number of phenolic OH excluding ortho intramolecular Hbond substituents is 1. The van der Waals surface area contributed by atoms with Gasteiger partial charge in [-0.05, 0) is 38.5 Å². The van der Waals surface area contributed by atoms with Gasteiger partial charge in [0.15, 0.2) is 11.5 Å². The van der Waals surface area contributed by atoms with Crippen molar-refractivity contribution in [2.45, 2.75) is 33.3 Å². The molecule has 1 aliphatic heterocycles. The van der Waals surface area contributed by atoms with Crippen LogP contribution in [0.15, 0.2) is 40.7 Å². The summed E-state index contributed by atoms with van der Waals surface area (Å²) in [5, 5.41) is 9.88. The largest absolute Gasteiger partial charge is 0.507 e. The van der Waals surface area contributed by atoms with Gasteiger partial charge in [-0.2, -0.15) is 0 Å². The minimum atomic E-state index is -0.320. The maximum absolute atomic E-state index is 12.5. The molecule has 3 rings (SSSR count). The number of ether oxygens (including phenoxy) is 1. The molecule has 0 spiro atoms. The lowest BCUT2D eigenvalue weighted by Crippen LogP contribution is -2.20. The van der Waals surface area contributed by atoms with Crippen LogP contribution in [0.4, 0.5) is 0 Å². The van der Waals surface area contributed by atoms with Crippen molar-refractivity contribution in [3.63, 3.8) is 0 Å². The second kappa shape index (κ2) is 4.58. The summed E-state index contributed by atoms with van der Waals surface area (Å²) in [6, 6.07) is 4.52. The minimum Gasteiger partial charge on any atom is -0.507 e. The Labute approximate surface area is 122 Å². The maximum atomic E-state index is 12.5. The highest BCUT2D eigenvalue weighted by atomic mass is 16.5. The summed E-state index contributed by atoms with van der Waals surface area (Å²) in [6.07, 6.45) is 0.106. The molecule has 0 saturated carbocycles. The van der Waals surface area contributed by atoms with E-state index in [2.05, 4.69) is 0 Å². The molecule has 108 valence electrons. The summed E-state index contributed by atoms with van der Waals surface area (Å²) >= 11 is 0. The second-order valence-electron chi connectivity index (χ2n) is 5.66. The number of carbonyl (C=O) groups is 2. The predicted octanol–water partition coefficient (Wildman–Crippen LogP) is 3.17. The molecule has 0 aromatic heterocycles. The molecule has 21 heavy (non-hydrogen) atoms. The third-order valence-corrected chi connectivity index (χ3v) is 4.19. The van der Waals surface area contributed by atoms with Crippen molar-refractivity contribution < 1.29 is 19.4 Å². The fourth-order valence-corrected chi connectivity index (χ4v) is 2.72. The van der Waals surface area contributed by atoms with Crippen LogP contribution in [0.25, 0.3) is 0 Å². The number of aromatic hydroxyl groups is 1. The zero-order chi connectivity index (χ0) is 15.3. The van der Waals surface area contributed by atoms with Gasteiger partial charge in [-0.1, -0.05) is 11.6 Å². The van der Waals surface area contributed by atoms with E-state index in [0.717, 1.165) is 11.1 Å². The third-order valence-electron chi connectivity index (χ3n) is 4.19. The maximum Gasteiger partial charge on any atom is 0.228 e. The van der Waals surface area contributed by atoms with E-state index in [4.69, 9.17) is 4.74 Å². The van der Waals surface area contributed by atoms with Crippen LogP contribution in [-0.4, -0.2) is 22.8 Å². The first-order valence-corrected chi connectivity index (χ1v) is 6.87. The SMILES string of the molecule is CC(C)=C(C)C1CC2=C(O1)C(=O)c1cccc(O)c1C2=O. The highest BCUT2D eigenvalue weighted by Gasteiger charge is 2.41. The van der Waals surface area contributed by atoms with Gasteiger partial charge < -0.3 is 9.84 Å². The minimum absolute atomic E-state index is 0.0975. The number of ketones is 2. The number of hydrogen-bond acceptors (Lipinski definition) is 4. The molecule has 1 unspecified atom stereocenters. The Kier molecular flexibility index (Phi) is 2.97. The number of hydrogen-bond donors (Lipinski definition) is 1. The van der Waals surface area contributed by atoms with Gasteiger partial charge in [0, 0.05) is 12.0 Å². The zero-order valence-corrected chi connectivity index (χ0v) is 12.2. The van der Waals surface area contributed by atoms with E-state index in [0.29, 0.717) is 12.0 Å². The summed E-state index contributed by atoms with van der Waals surface area (Å²) in [5.41, 5.74) is 2.83. The van der Waals surface area contributed by atoms with Gasteiger partial charge in [-0.3, -0.25) is 9.59 Å². The smallest absolute Gasteiger partial charge is 0.228 e. The Hall–Kier alpha value is -2.36. The molecule has 1 heterocycles. The number of Topliss-reactive ketones (excluding diaryl/α,β-unsaturated/α-hetero) is 2. The van der Waals surface area contributed by atoms with Crippen LogP contribution in [0, 0.1) is 0 Å². The summed E-state index contributed by atoms with van der Waals surface area (Å²) in [7, 11) is 0. The molecule has 1 atom stereocenters. The summed E-state index contributed by atoms with van der Waals surface area (Å²) < 4.78 is 5.74. The van der Waals surface area contributed by atoms with E-state index in [1.54, 1.807) is 12.1 Å². The molecular weight excluding hydrogens is 268 g/mol. The molecule has 2 aliphatic rings. The van der Waals surface area contributed by atoms with Crippen LogP contribution in [0.3, 0.4) is 0 Å². The van der Waals surface area contributed by atoms with Gasteiger partial charge in [-0.15, -0.1) is 0 Å². The highest BCUT2D eigenvalue weighted by molar-refractivity contribution is 6.27. The Morgan fingerprint density at radius 3 is 2.57 bits per heavy atom. The van der Waals surface area contributed by atoms with Crippen molar-refractivity contribution in [3.05, 3.63) is 51.8 Å². The number of fused-ring (bicyclic) bond motifs is 1. The van der Waals surface area contributed by atoms with Gasteiger partial charge in [0.05, 0.1) is 11.1 Å². The first kappa shape index (κ1) is 13.6. The quantitative estimate of drug-likeness (QED) is 0.804. The number of allylic oxidation sites excluding steroid dienone is 2. The lowest BCUT2D eigenvalue weighted by molar-refractivity contribution is 0.0874. The zero-order valence-electron chi connectivity index (χ0n) is 12.2. The number of carbonyl (C=O) groups excluding carboxylic acids is 2. The molecule has 1 aromatic carbocycles. The fraction of sp³-hybridized carbons (Fsp3) is 0.294. The van der Waals surface area contributed by atoms with Crippen LogP contribution in [-0.2, 0) is 4.74 Å². The van der Waals surface area contributed by atoms with E-state index in [-0.39, 0.29) is 40.3 Å². The molecular formula is C17H16O4. The second-order valence-corrected chi connectivity index (χ2v) is 5.66. The topological polar surface area (TPSA) is 63.6 Å². The van der Waals surface area contributed by atoms with Crippen molar-refractivity contribution in [2.24, 2.45) is 0 Å². The lowest BCUT2D eigenvalue weighted by atomic mass is 9.86. The normalized spacial score (nSPS) is 20.0. The molecule has 4 nitrogen and oxygen atoms in total. The standard InChI is InChI=1S/C17H16O4/c1-8(2)9(3)13-7-11-15(19)14-10(5-4-6-12(14)18)16(20)17(11)21-13/h4-6,13,18H,7H2,1-3H3. The van der Waals surface area contributed by atoms with Crippen LogP contribution in [0.2, 0.25) is 0 Å². The Bertz CT molecular complexity index is 733. The molecule has 1 N–H and O–H groups in total. The van der Waals surface area contributed by atoms with E-state index in [1.807, 2.05) is 20.8 Å². The van der Waals surface area contributed by atoms with Crippen molar-refractivity contribution in [3.8, 4) is 5.75 Å². The van der Waals surface area contributed by atoms with Crippen molar-refractivity contribution >= 4 is 11.6 Å². The first-order valence-electron chi connectivity index (χ1n) is 6.87. The van der Waals surface area contributed by atoms with Gasteiger partial charge in [0.1, 0.15) is 11.9 Å². The average molecular weight is 284 g/mol. The van der Waals surface area contributed by atoms with Crippen molar-refractivity contribution in [1.29, 1.82) is 0 Å². The van der Waals surface area contributed by atoms with E-state index >= 15 is 0 Å². The highest BCUT2D eigenvalue weighted by Crippen LogP contribution is 2.40. The van der Waals surface area contributed by atoms with E-state index in [1.165, 1.54) is 6.07 Å². The van der Waals surface area contributed by atoms with Crippen molar-refractivity contribution in [2.75, 3.05) is 0 Å². The van der Waals surface area contributed by atoms with Gasteiger partial charge in [0.2, 0.25) is 5.78 Å². The molecule has 4 heteroatoms. The average Bonchev–Trinajstić information content (AvgIpc) is 2.89. The molecule has 0 amide bonds. The Balaban J connectivity index is 2.06. The van der Waals surface area contributed by atoms with E-state index < -0.39 is 0 Å². The molecule has 0 bridgehead atoms. The number of rotatable bonds is 1. The Morgan fingerprint density at radius 2 is 1.90 bits per heavy atom. The van der Waals surface area contributed by atoms with Crippen LogP contribution in [0.5, 0.6) is 5.75 Å². The summed E-state index contributed by atoms with van der Waals surface area (Å²) in [5.74, 6) is -0.634. The Morgan fingerprint density at radius 1 is 1.19 bits per heavy atom. The van der Waals surface area contributed by atoms with Gasteiger partial charge >= 0.3 is 0 Å². The first-order chi connectivity index (χ1) is 9.91. The predicted molar refractivity (Wildman–Crippen MR) is 77.3 cm³/mol. The fourth-order valence-electron chi connectivity index (χ4n) is 2.72. The van der Waals surface area contributed by atoms with Crippen molar-refractivity contribution in [1.82, 2.24) is 0 Å². The van der Waals surface area contributed by atoms with Crippen LogP contribution in [0.1, 0.15) is 47.9 Å². The molecule has 0 saturated heterocycles. The number of benzene rings is 1. The molecule has 1 aromatic rings. The van der Waals surface area contributed by atoms with Gasteiger partial charge in [-0.25, -0.2) is 0 Å². The van der Waals surface area contributed by atoms with Gasteiger partial charge in [0.25, 0.3) is 0 Å². The summed E-state index contributed by atoms with van der Waals surface area (Å²) in [6.45, 7) is 5.89. The monoisotopic (exact) mass is 284 g/mol. The van der Waals surface area contributed by atoms with E-state index in [9.17, 15) is 14.7 Å². The lowest BCUT2D eigenvalue weighted by Gasteiger charge is -2.16. The van der Waals surface area contributed by atoms with Crippen LogP contribution < -0.4 is 0 Å². The molecule has 1 aliphatic carbocycles. The molecule has 0 fully saturated rings. The summed E-state index contributed by atoms with van der Waals surface area (Å²) in [4.78, 5) is 25.0. The molecule has 0 radical (unpaired) electrons. The van der Waals surface area contributed by atoms with Crippen LogP contribution >= 0.6 is 0 Å². The number of phenols is 1.